The second-order valence-electron chi connectivity index (χ2n) is 4.06. The third-order valence-electron chi connectivity index (χ3n) is 2.74. The molecule has 88 valence electrons. The van der Waals surface area contributed by atoms with Crippen molar-refractivity contribution in [1.82, 2.24) is 0 Å². The van der Waals surface area contributed by atoms with Crippen LogP contribution in [0.2, 0.25) is 0 Å². The second kappa shape index (κ2) is 4.28. The van der Waals surface area contributed by atoms with Crippen molar-refractivity contribution in [2.75, 3.05) is 0 Å². The predicted molar refractivity (Wildman–Crippen MR) is 67.2 cm³/mol. The molecule has 0 radical (unpaired) electrons. The first-order valence-electron chi connectivity index (χ1n) is 8.22. The lowest BCUT2D eigenvalue weighted by atomic mass is 10.0. The molecule has 0 amide bonds. The van der Waals surface area contributed by atoms with E-state index in [1.54, 1.807) is 24.6 Å². The molecule has 2 aromatic rings. The normalized spacial score (nSPS) is 17.4. The average molecular weight is 236 g/mol. The Kier molecular flexibility index (Phi) is 1.59. The summed E-state index contributed by atoms with van der Waals surface area (Å²) in [6.45, 7) is -3.37. The number of hydrogen-bond donors (Lipinski definition) is 0. The zero-order chi connectivity index (χ0) is 17.6. The minimum atomic E-state index is -2.55. The molecule has 17 heavy (non-hydrogen) atoms. The highest BCUT2D eigenvalue weighted by atomic mass is 19.1. The Morgan fingerprint density at radius 2 is 1.88 bits per heavy atom. The summed E-state index contributed by atoms with van der Waals surface area (Å²) in [6, 6.07) is 5.55. The standard InChI is InChI=1S/C15H17FN/c1-10-8-15(17(4)9-12(10)3)14-6-5-13(16)7-11(14)2/h5-9H,1-4H3/q+1/i1D3,3D3. The molecule has 0 saturated carbocycles. The number of rotatable bonds is 1. The molecule has 1 aromatic carbocycles. The van der Waals surface area contributed by atoms with Crippen molar-refractivity contribution in [2.24, 2.45) is 7.05 Å². The van der Waals surface area contributed by atoms with Gasteiger partial charge in [0.2, 0.25) is 5.69 Å². The van der Waals surface area contributed by atoms with Crippen molar-refractivity contribution in [3.63, 3.8) is 0 Å². The molecule has 1 aromatic heterocycles. The van der Waals surface area contributed by atoms with Gasteiger partial charge in [0.1, 0.15) is 12.9 Å². The third-order valence-corrected chi connectivity index (χ3v) is 2.74. The maximum absolute atomic E-state index is 13.3. The first-order chi connectivity index (χ1) is 10.4. The summed E-state index contributed by atoms with van der Waals surface area (Å²) in [5.41, 5.74) is 1.38. The minimum Gasteiger partial charge on any atom is -0.207 e. The molecule has 0 aliphatic heterocycles. The van der Waals surface area contributed by atoms with Crippen LogP contribution in [0, 0.1) is 26.4 Å². The van der Waals surface area contributed by atoms with Crippen molar-refractivity contribution in [2.45, 2.75) is 20.6 Å². The van der Waals surface area contributed by atoms with Gasteiger partial charge in [-0.15, -0.1) is 0 Å². The minimum absolute atomic E-state index is 0.205. The van der Waals surface area contributed by atoms with Crippen LogP contribution in [0.15, 0.2) is 30.5 Å². The van der Waals surface area contributed by atoms with Gasteiger partial charge in [-0.05, 0) is 50.0 Å². The number of nitrogens with zero attached hydrogens (tertiary/aromatic N) is 1. The van der Waals surface area contributed by atoms with E-state index >= 15 is 0 Å². The maximum atomic E-state index is 13.3. The van der Waals surface area contributed by atoms with Gasteiger partial charge in [-0.2, -0.15) is 0 Å². The van der Waals surface area contributed by atoms with Gasteiger partial charge in [0, 0.05) is 25.4 Å². The number of benzene rings is 1. The predicted octanol–water partition coefficient (Wildman–Crippen LogP) is 3.24. The Hall–Kier alpha value is -1.70. The Morgan fingerprint density at radius 3 is 2.53 bits per heavy atom. The molecule has 0 atom stereocenters. The van der Waals surface area contributed by atoms with Crippen molar-refractivity contribution >= 4 is 0 Å². The van der Waals surface area contributed by atoms with Crippen LogP contribution in [0.1, 0.15) is 24.9 Å². The van der Waals surface area contributed by atoms with E-state index < -0.39 is 13.7 Å². The van der Waals surface area contributed by atoms with Crippen LogP contribution in [0.4, 0.5) is 4.39 Å². The zero-order valence-electron chi connectivity index (χ0n) is 15.7. The molecule has 0 N–H and O–H groups in total. The van der Waals surface area contributed by atoms with Gasteiger partial charge in [-0.25, -0.2) is 8.96 Å². The number of aryl methyl sites for hydroxylation is 4. The number of hydrogen-bond acceptors (Lipinski definition) is 0. The first kappa shape index (κ1) is 6.29. The lowest BCUT2D eigenvalue weighted by molar-refractivity contribution is -0.660. The number of halogens is 1. The molecular weight excluding hydrogens is 213 g/mol. The smallest absolute Gasteiger partial charge is 0.207 e. The van der Waals surface area contributed by atoms with Crippen LogP contribution in [-0.4, -0.2) is 0 Å². The van der Waals surface area contributed by atoms with Gasteiger partial charge < -0.3 is 0 Å². The molecular formula is C15H17FN+. The summed E-state index contributed by atoms with van der Waals surface area (Å²) in [4.78, 5) is 0. The average Bonchev–Trinajstić information content (AvgIpc) is 2.36. The number of pyridine rings is 1. The Morgan fingerprint density at radius 1 is 1.12 bits per heavy atom. The molecule has 0 saturated heterocycles. The summed E-state index contributed by atoms with van der Waals surface area (Å²) in [6.07, 6.45) is 1.31. The van der Waals surface area contributed by atoms with Crippen molar-refractivity contribution < 1.29 is 17.2 Å². The fraction of sp³-hybridized carbons (Fsp3) is 0.267. The highest BCUT2D eigenvalue weighted by molar-refractivity contribution is 5.61. The van der Waals surface area contributed by atoms with E-state index in [4.69, 9.17) is 8.22 Å². The maximum Gasteiger partial charge on any atom is 0.212 e. The summed E-state index contributed by atoms with van der Waals surface area (Å²) in [5, 5.41) is 0. The van der Waals surface area contributed by atoms with Crippen LogP contribution >= 0.6 is 0 Å². The second-order valence-corrected chi connectivity index (χ2v) is 4.06. The highest BCUT2D eigenvalue weighted by Crippen LogP contribution is 2.22. The highest BCUT2D eigenvalue weighted by Gasteiger charge is 2.14. The summed E-state index contributed by atoms with van der Waals surface area (Å²) < 4.78 is 60.4. The molecule has 0 spiro atoms. The van der Waals surface area contributed by atoms with Crippen molar-refractivity contribution in [3.05, 3.63) is 53.0 Å². The Labute approximate surface area is 110 Å². The van der Waals surface area contributed by atoms with Gasteiger partial charge in [0.25, 0.3) is 0 Å². The van der Waals surface area contributed by atoms with Crippen LogP contribution in [0.3, 0.4) is 0 Å². The van der Waals surface area contributed by atoms with Gasteiger partial charge in [-0.1, -0.05) is 0 Å². The van der Waals surface area contributed by atoms with E-state index in [0.717, 1.165) is 0 Å². The molecule has 1 heterocycles. The summed E-state index contributed by atoms with van der Waals surface area (Å²) >= 11 is 0. The van der Waals surface area contributed by atoms with E-state index in [0.29, 0.717) is 16.8 Å². The molecule has 0 aliphatic rings. The van der Waals surface area contributed by atoms with Crippen molar-refractivity contribution in [1.29, 1.82) is 0 Å². The quantitative estimate of drug-likeness (QED) is 0.669. The SMILES string of the molecule is [2H]C([2H])([2H])c1cc(-c2ccc(F)cc2C)[n+](C)cc1C([2H])([2H])[2H]. The Bertz CT molecular complexity index is 749. The van der Waals surface area contributed by atoms with E-state index in [9.17, 15) is 4.39 Å². The van der Waals surface area contributed by atoms with Gasteiger partial charge in [0.05, 0.1) is 0 Å². The lowest BCUT2D eigenvalue weighted by Gasteiger charge is -2.07. The van der Waals surface area contributed by atoms with E-state index in [-0.39, 0.29) is 16.9 Å². The monoisotopic (exact) mass is 236 g/mol. The van der Waals surface area contributed by atoms with Gasteiger partial charge in [-0.3, -0.25) is 0 Å². The largest absolute Gasteiger partial charge is 0.212 e. The fourth-order valence-electron chi connectivity index (χ4n) is 1.83. The number of aromatic nitrogens is 1. The molecule has 2 heteroatoms. The van der Waals surface area contributed by atoms with Crippen LogP contribution in [-0.2, 0) is 7.05 Å². The van der Waals surface area contributed by atoms with Crippen LogP contribution in [0.25, 0.3) is 11.3 Å². The van der Waals surface area contributed by atoms with E-state index in [2.05, 4.69) is 0 Å². The summed E-state index contributed by atoms with van der Waals surface area (Å²) in [7, 11) is 1.64. The third kappa shape index (κ3) is 2.21. The van der Waals surface area contributed by atoms with E-state index in [1.807, 2.05) is 0 Å². The molecule has 2 rings (SSSR count). The summed E-state index contributed by atoms with van der Waals surface area (Å²) in [5.74, 6) is -0.385. The first-order valence-corrected chi connectivity index (χ1v) is 5.22. The topological polar surface area (TPSA) is 3.88 Å². The molecule has 0 bridgehead atoms. The van der Waals surface area contributed by atoms with Crippen LogP contribution in [0.5, 0.6) is 0 Å². The van der Waals surface area contributed by atoms with E-state index in [1.165, 1.54) is 24.4 Å². The lowest BCUT2D eigenvalue weighted by Crippen LogP contribution is -2.31. The van der Waals surface area contributed by atoms with Crippen LogP contribution < -0.4 is 4.57 Å². The van der Waals surface area contributed by atoms with Gasteiger partial charge >= 0.3 is 0 Å². The van der Waals surface area contributed by atoms with Crippen molar-refractivity contribution in [3.8, 4) is 11.3 Å². The molecule has 0 fully saturated rings. The molecule has 1 nitrogen and oxygen atoms in total. The Balaban J connectivity index is 2.77. The zero-order valence-corrected chi connectivity index (χ0v) is 9.71. The molecule has 0 aliphatic carbocycles. The van der Waals surface area contributed by atoms with Gasteiger partial charge in [0.15, 0.2) is 6.20 Å². The fourth-order valence-corrected chi connectivity index (χ4v) is 1.83. The molecule has 0 unspecified atom stereocenters.